The van der Waals surface area contributed by atoms with Gasteiger partial charge >= 0.3 is 5.97 Å². The molecule has 0 unspecified atom stereocenters. The molecule has 1 aromatic heterocycles. The summed E-state index contributed by atoms with van der Waals surface area (Å²) in [6.45, 7) is 5.22. The second-order valence-electron chi connectivity index (χ2n) is 6.23. The van der Waals surface area contributed by atoms with Gasteiger partial charge in [0.05, 0.1) is 17.2 Å². The summed E-state index contributed by atoms with van der Waals surface area (Å²) in [5.74, 6) is -1.04. The number of rotatable bonds is 6. The van der Waals surface area contributed by atoms with E-state index in [0.717, 1.165) is 4.31 Å². The third-order valence-corrected chi connectivity index (χ3v) is 6.39. The number of sulfonamides is 1. The predicted octanol–water partition coefficient (Wildman–Crippen LogP) is 2.96. The van der Waals surface area contributed by atoms with E-state index in [9.17, 15) is 18.0 Å². The fourth-order valence-electron chi connectivity index (χ4n) is 2.66. The Bertz CT molecular complexity index is 1030. The van der Waals surface area contributed by atoms with Crippen LogP contribution in [0, 0.1) is 13.8 Å². The third kappa shape index (κ3) is 4.21. The molecular formula is C18H22ClN3O5S. The van der Waals surface area contributed by atoms with Gasteiger partial charge in [0, 0.05) is 25.5 Å². The Hall–Kier alpha value is -2.36. The molecule has 1 aromatic carbocycles. The molecule has 0 aliphatic rings. The van der Waals surface area contributed by atoms with Crippen LogP contribution in [0.25, 0.3) is 0 Å². The SMILES string of the molecule is CCOC(=O)c1c(C)[nH]c(C(=O)Nc2ccc(Cl)c(S(=O)(=O)N(C)C)c2)c1C. The van der Waals surface area contributed by atoms with Gasteiger partial charge in [-0.3, -0.25) is 4.79 Å². The molecule has 2 aromatic rings. The summed E-state index contributed by atoms with van der Waals surface area (Å²) in [5.41, 5.74) is 1.70. The quantitative estimate of drug-likeness (QED) is 0.689. The minimum atomic E-state index is -3.78. The van der Waals surface area contributed by atoms with Crippen LogP contribution in [-0.2, 0) is 14.8 Å². The lowest BCUT2D eigenvalue weighted by atomic mass is 10.1. The van der Waals surface area contributed by atoms with E-state index in [1.54, 1.807) is 20.8 Å². The Morgan fingerprint density at radius 3 is 2.46 bits per heavy atom. The van der Waals surface area contributed by atoms with E-state index in [2.05, 4.69) is 10.3 Å². The first-order chi connectivity index (χ1) is 13.0. The third-order valence-electron chi connectivity index (χ3n) is 4.09. The van der Waals surface area contributed by atoms with Crippen LogP contribution in [0.5, 0.6) is 0 Å². The number of aryl methyl sites for hydroxylation is 1. The van der Waals surface area contributed by atoms with Crippen molar-refractivity contribution in [2.75, 3.05) is 26.0 Å². The predicted molar refractivity (Wildman–Crippen MR) is 107 cm³/mol. The Morgan fingerprint density at radius 1 is 1.25 bits per heavy atom. The number of anilines is 1. The fraction of sp³-hybridized carbons (Fsp3) is 0.333. The molecule has 0 aliphatic heterocycles. The number of carbonyl (C=O) groups is 2. The van der Waals surface area contributed by atoms with E-state index in [4.69, 9.17) is 16.3 Å². The molecule has 8 nitrogen and oxygen atoms in total. The molecule has 10 heteroatoms. The topological polar surface area (TPSA) is 109 Å². The van der Waals surface area contributed by atoms with Crippen LogP contribution in [0.2, 0.25) is 5.02 Å². The van der Waals surface area contributed by atoms with E-state index in [-0.39, 0.29) is 27.9 Å². The molecule has 2 rings (SSSR count). The number of aromatic amines is 1. The maximum absolute atomic E-state index is 12.7. The maximum Gasteiger partial charge on any atom is 0.340 e. The summed E-state index contributed by atoms with van der Waals surface area (Å²) in [5, 5.41) is 2.67. The number of benzene rings is 1. The van der Waals surface area contributed by atoms with Gasteiger partial charge in [0.25, 0.3) is 5.91 Å². The summed E-state index contributed by atoms with van der Waals surface area (Å²) >= 11 is 6.02. The van der Waals surface area contributed by atoms with Gasteiger partial charge in [-0.05, 0) is 44.5 Å². The van der Waals surface area contributed by atoms with Crippen LogP contribution in [-0.4, -0.2) is 50.3 Å². The highest BCUT2D eigenvalue weighted by molar-refractivity contribution is 7.89. The number of hydrogen-bond acceptors (Lipinski definition) is 5. The van der Waals surface area contributed by atoms with Crippen LogP contribution in [0.4, 0.5) is 5.69 Å². The van der Waals surface area contributed by atoms with E-state index >= 15 is 0 Å². The average molecular weight is 428 g/mol. The number of esters is 1. The Kier molecular flexibility index (Phi) is 6.53. The van der Waals surface area contributed by atoms with Crippen molar-refractivity contribution in [1.29, 1.82) is 0 Å². The largest absolute Gasteiger partial charge is 0.462 e. The van der Waals surface area contributed by atoms with Gasteiger partial charge in [-0.2, -0.15) is 0 Å². The summed E-state index contributed by atoms with van der Waals surface area (Å²) in [6.07, 6.45) is 0. The van der Waals surface area contributed by atoms with Crippen molar-refractivity contribution in [2.24, 2.45) is 0 Å². The van der Waals surface area contributed by atoms with Crippen LogP contribution in [0.3, 0.4) is 0 Å². The summed E-state index contributed by atoms with van der Waals surface area (Å²) in [7, 11) is -1.00. The maximum atomic E-state index is 12.7. The van der Waals surface area contributed by atoms with Crippen molar-refractivity contribution in [1.82, 2.24) is 9.29 Å². The minimum absolute atomic E-state index is 0.0446. The number of ether oxygens (including phenoxy) is 1. The molecule has 0 atom stereocenters. The number of nitrogens with zero attached hydrogens (tertiary/aromatic N) is 1. The number of aromatic nitrogens is 1. The molecule has 152 valence electrons. The molecule has 0 saturated heterocycles. The van der Waals surface area contributed by atoms with Crippen LogP contribution in [0.15, 0.2) is 23.1 Å². The lowest BCUT2D eigenvalue weighted by Gasteiger charge is -2.14. The molecule has 1 amide bonds. The first-order valence-electron chi connectivity index (χ1n) is 8.40. The zero-order valence-corrected chi connectivity index (χ0v) is 17.8. The lowest BCUT2D eigenvalue weighted by molar-refractivity contribution is 0.0525. The standard InChI is InChI=1S/C18H22ClN3O5S/c1-6-27-18(24)15-10(2)16(20-11(15)3)17(23)21-12-7-8-13(19)14(9-12)28(25,26)22(4)5/h7-9,20H,6H2,1-5H3,(H,21,23). The summed E-state index contributed by atoms with van der Waals surface area (Å²) < 4.78 is 30.8. The molecule has 0 spiro atoms. The van der Waals surface area contributed by atoms with E-state index in [1.807, 2.05) is 0 Å². The van der Waals surface area contributed by atoms with Gasteiger partial charge in [-0.15, -0.1) is 0 Å². The fourth-order valence-corrected chi connectivity index (χ4v) is 4.05. The summed E-state index contributed by atoms with van der Waals surface area (Å²) in [6, 6.07) is 4.17. The molecule has 0 bridgehead atoms. The molecule has 1 heterocycles. The first kappa shape index (κ1) is 21.9. The average Bonchev–Trinajstić information content (AvgIpc) is 2.91. The normalized spacial score (nSPS) is 11.5. The Morgan fingerprint density at radius 2 is 1.89 bits per heavy atom. The number of carbonyl (C=O) groups excluding carboxylic acids is 2. The van der Waals surface area contributed by atoms with Gasteiger partial charge < -0.3 is 15.0 Å². The minimum Gasteiger partial charge on any atom is -0.462 e. The highest BCUT2D eigenvalue weighted by Crippen LogP contribution is 2.27. The molecule has 0 fully saturated rings. The van der Waals surface area contributed by atoms with Gasteiger partial charge in [0.15, 0.2) is 0 Å². The van der Waals surface area contributed by atoms with Gasteiger partial charge in [0.1, 0.15) is 10.6 Å². The van der Waals surface area contributed by atoms with E-state index < -0.39 is 21.9 Å². The van der Waals surface area contributed by atoms with Crippen molar-refractivity contribution in [3.63, 3.8) is 0 Å². The van der Waals surface area contributed by atoms with E-state index in [0.29, 0.717) is 16.8 Å². The van der Waals surface area contributed by atoms with Gasteiger partial charge in [-0.25, -0.2) is 17.5 Å². The monoisotopic (exact) mass is 427 g/mol. The van der Waals surface area contributed by atoms with Crippen molar-refractivity contribution >= 4 is 39.2 Å². The molecular weight excluding hydrogens is 406 g/mol. The zero-order valence-electron chi connectivity index (χ0n) is 16.2. The Labute approximate surface area is 168 Å². The molecule has 0 radical (unpaired) electrons. The van der Waals surface area contributed by atoms with Gasteiger partial charge in [0.2, 0.25) is 10.0 Å². The highest BCUT2D eigenvalue weighted by atomic mass is 35.5. The smallest absolute Gasteiger partial charge is 0.340 e. The highest BCUT2D eigenvalue weighted by Gasteiger charge is 2.24. The number of H-pyrrole nitrogens is 1. The second kappa shape index (κ2) is 8.34. The second-order valence-corrected chi connectivity index (χ2v) is 8.76. The number of nitrogens with one attached hydrogen (secondary N) is 2. The number of hydrogen-bond donors (Lipinski definition) is 2. The lowest BCUT2D eigenvalue weighted by Crippen LogP contribution is -2.23. The van der Waals surface area contributed by atoms with Crippen molar-refractivity contribution in [3.05, 3.63) is 45.7 Å². The van der Waals surface area contributed by atoms with E-state index in [1.165, 1.54) is 32.3 Å². The molecule has 2 N–H and O–H groups in total. The van der Waals surface area contributed by atoms with Crippen molar-refractivity contribution < 1.29 is 22.7 Å². The zero-order chi connectivity index (χ0) is 21.2. The van der Waals surface area contributed by atoms with Crippen LogP contribution >= 0.6 is 11.6 Å². The molecule has 28 heavy (non-hydrogen) atoms. The number of amides is 1. The van der Waals surface area contributed by atoms with Crippen molar-refractivity contribution in [3.8, 4) is 0 Å². The Balaban J connectivity index is 2.37. The van der Waals surface area contributed by atoms with Crippen LogP contribution in [0.1, 0.15) is 39.0 Å². The first-order valence-corrected chi connectivity index (χ1v) is 10.2. The number of halogens is 1. The van der Waals surface area contributed by atoms with Crippen molar-refractivity contribution in [2.45, 2.75) is 25.7 Å². The van der Waals surface area contributed by atoms with Crippen LogP contribution < -0.4 is 5.32 Å². The van der Waals surface area contributed by atoms with Gasteiger partial charge in [-0.1, -0.05) is 11.6 Å². The molecule has 0 aliphatic carbocycles. The molecule has 0 saturated carbocycles. The summed E-state index contributed by atoms with van der Waals surface area (Å²) in [4.78, 5) is 27.5.